The van der Waals surface area contributed by atoms with Crippen molar-refractivity contribution in [3.05, 3.63) is 29.8 Å². The number of carbonyl (C=O) groups is 2. The molecule has 2 aliphatic rings. The van der Waals surface area contributed by atoms with Crippen LogP contribution in [0.15, 0.2) is 18.2 Å². The highest BCUT2D eigenvalue weighted by atomic mass is 19.2. The fourth-order valence-corrected chi connectivity index (χ4v) is 3.19. The first-order chi connectivity index (χ1) is 11.0. The van der Waals surface area contributed by atoms with E-state index >= 15 is 0 Å². The van der Waals surface area contributed by atoms with Crippen LogP contribution in [0, 0.1) is 17.6 Å². The summed E-state index contributed by atoms with van der Waals surface area (Å²) in [6.45, 7) is 4.27. The van der Waals surface area contributed by atoms with Gasteiger partial charge in [-0.05, 0) is 25.5 Å². The molecular weight excluding hydrogens is 304 g/mol. The molecule has 2 fully saturated rings. The molecule has 7 heteroatoms. The van der Waals surface area contributed by atoms with E-state index in [1.807, 2.05) is 6.92 Å². The quantitative estimate of drug-likeness (QED) is 0.831. The number of halogens is 2. The summed E-state index contributed by atoms with van der Waals surface area (Å²) < 4.78 is 26.4. The molecule has 2 amide bonds. The number of nitrogens with one attached hydrogen (secondary N) is 1. The fraction of sp³-hybridized carbons (Fsp3) is 0.500. The number of anilines is 1. The largest absolute Gasteiger partial charge is 0.337 e. The van der Waals surface area contributed by atoms with E-state index in [4.69, 9.17) is 0 Å². The van der Waals surface area contributed by atoms with E-state index in [0.717, 1.165) is 12.1 Å². The maximum atomic E-state index is 13.4. The van der Waals surface area contributed by atoms with Crippen molar-refractivity contribution >= 4 is 17.5 Å². The summed E-state index contributed by atoms with van der Waals surface area (Å²) in [7, 11) is 0. The van der Waals surface area contributed by atoms with Crippen molar-refractivity contribution in [2.24, 2.45) is 5.92 Å². The summed E-state index contributed by atoms with van der Waals surface area (Å²) >= 11 is 0. The van der Waals surface area contributed by atoms with Gasteiger partial charge in [0.1, 0.15) is 5.92 Å². The second kappa shape index (κ2) is 6.23. The SMILES string of the molecule is C[C@@H]1CNCCN1C(=O)[C@H]1CCN(c2ccc(F)c(F)c2)C1=O. The van der Waals surface area contributed by atoms with Gasteiger partial charge in [-0.3, -0.25) is 9.59 Å². The van der Waals surface area contributed by atoms with Gasteiger partial charge in [0.05, 0.1) is 0 Å². The van der Waals surface area contributed by atoms with E-state index in [1.54, 1.807) is 4.90 Å². The molecular formula is C16H19F2N3O2. The zero-order valence-electron chi connectivity index (χ0n) is 12.9. The first-order valence-electron chi connectivity index (χ1n) is 7.76. The van der Waals surface area contributed by atoms with Gasteiger partial charge in [-0.25, -0.2) is 8.78 Å². The summed E-state index contributed by atoms with van der Waals surface area (Å²) in [6.07, 6.45) is 0.396. The van der Waals surface area contributed by atoms with Crippen molar-refractivity contribution in [2.45, 2.75) is 19.4 Å². The summed E-state index contributed by atoms with van der Waals surface area (Å²) in [4.78, 5) is 28.3. The molecule has 23 heavy (non-hydrogen) atoms. The molecule has 2 heterocycles. The Balaban J connectivity index is 1.75. The molecule has 5 nitrogen and oxygen atoms in total. The lowest BCUT2D eigenvalue weighted by Gasteiger charge is -2.35. The zero-order valence-corrected chi connectivity index (χ0v) is 12.9. The second-order valence-electron chi connectivity index (χ2n) is 6.01. The molecule has 3 rings (SSSR count). The van der Waals surface area contributed by atoms with Crippen LogP contribution in [0.2, 0.25) is 0 Å². The fourth-order valence-electron chi connectivity index (χ4n) is 3.19. The second-order valence-corrected chi connectivity index (χ2v) is 6.01. The molecule has 2 saturated heterocycles. The summed E-state index contributed by atoms with van der Waals surface area (Å²) in [6, 6.07) is 3.39. The summed E-state index contributed by atoms with van der Waals surface area (Å²) in [5.74, 6) is -3.20. The van der Waals surface area contributed by atoms with Gasteiger partial charge in [0.25, 0.3) is 0 Å². The third kappa shape index (κ3) is 2.93. The molecule has 2 atom stereocenters. The lowest BCUT2D eigenvalue weighted by Crippen LogP contribution is -2.54. The molecule has 0 spiro atoms. The Morgan fingerprint density at radius 2 is 2.04 bits per heavy atom. The number of amides is 2. The predicted octanol–water partition coefficient (Wildman–Crippen LogP) is 1.14. The molecule has 1 aromatic carbocycles. The zero-order chi connectivity index (χ0) is 16.6. The van der Waals surface area contributed by atoms with Gasteiger partial charge in [0.15, 0.2) is 11.6 Å². The van der Waals surface area contributed by atoms with Gasteiger partial charge in [-0.1, -0.05) is 0 Å². The number of rotatable bonds is 2. The number of benzene rings is 1. The van der Waals surface area contributed by atoms with Crippen molar-refractivity contribution in [3.63, 3.8) is 0 Å². The third-order valence-electron chi connectivity index (χ3n) is 4.50. The molecule has 0 saturated carbocycles. The first-order valence-corrected chi connectivity index (χ1v) is 7.76. The van der Waals surface area contributed by atoms with Gasteiger partial charge in [-0.15, -0.1) is 0 Å². The number of hydrogen-bond acceptors (Lipinski definition) is 3. The van der Waals surface area contributed by atoms with Crippen molar-refractivity contribution in [1.82, 2.24) is 10.2 Å². The molecule has 0 unspecified atom stereocenters. The van der Waals surface area contributed by atoms with Crippen molar-refractivity contribution in [2.75, 3.05) is 31.1 Å². The summed E-state index contributed by atoms with van der Waals surface area (Å²) in [5, 5.41) is 3.20. The molecule has 124 valence electrons. The first kappa shape index (κ1) is 15.9. The highest BCUT2D eigenvalue weighted by molar-refractivity contribution is 6.09. The van der Waals surface area contributed by atoms with E-state index in [9.17, 15) is 18.4 Å². The number of nitrogens with zero attached hydrogens (tertiary/aromatic N) is 2. The Morgan fingerprint density at radius 1 is 1.26 bits per heavy atom. The highest BCUT2D eigenvalue weighted by Gasteiger charge is 2.41. The van der Waals surface area contributed by atoms with Crippen LogP contribution in [0.25, 0.3) is 0 Å². The lowest BCUT2D eigenvalue weighted by atomic mass is 10.0. The minimum absolute atomic E-state index is 0.0429. The molecule has 1 N–H and O–H groups in total. The normalized spacial score (nSPS) is 25.1. The van der Waals surface area contributed by atoms with Crippen molar-refractivity contribution < 1.29 is 18.4 Å². The minimum Gasteiger partial charge on any atom is -0.337 e. The smallest absolute Gasteiger partial charge is 0.239 e. The average Bonchev–Trinajstić information content (AvgIpc) is 2.91. The maximum absolute atomic E-state index is 13.4. The van der Waals surface area contributed by atoms with Crippen molar-refractivity contribution in [1.29, 1.82) is 0 Å². The number of piperazine rings is 1. The van der Waals surface area contributed by atoms with E-state index in [2.05, 4.69) is 5.32 Å². The van der Waals surface area contributed by atoms with Crippen LogP contribution in [0.1, 0.15) is 13.3 Å². The van der Waals surface area contributed by atoms with Crippen LogP contribution in [0.3, 0.4) is 0 Å². The van der Waals surface area contributed by atoms with Gasteiger partial charge < -0.3 is 15.1 Å². The van der Waals surface area contributed by atoms with Crippen LogP contribution in [0.4, 0.5) is 14.5 Å². The lowest BCUT2D eigenvalue weighted by molar-refractivity contribution is -0.142. The molecule has 2 aliphatic heterocycles. The van der Waals surface area contributed by atoms with E-state index < -0.39 is 17.6 Å². The monoisotopic (exact) mass is 323 g/mol. The van der Waals surface area contributed by atoms with Gasteiger partial charge in [0.2, 0.25) is 11.8 Å². The van der Waals surface area contributed by atoms with Gasteiger partial charge in [0, 0.05) is 44.0 Å². The highest BCUT2D eigenvalue weighted by Crippen LogP contribution is 2.28. The standard InChI is InChI=1S/C16H19F2N3O2/c1-10-9-19-5-7-20(10)15(22)12-4-6-21(16(12)23)11-2-3-13(17)14(18)8-11/h2-3,8,10,12,19H,4-7,9H2,1H3/t10-,12-/m1/s1. The Bertz CT molecular complexity index is 638. The van der Waals surface area contributed by atoms with Crippen LogP contribution in [-0.4, -0.2) is 48.9 Å². The Labute approximate surface area is 133 Å². The minimum atomic E-state index is -0.999. The summed E-state index contributed by atoms with van der Waals surface area (Å²) in [5.41, 5.74) is 0.289. The molecule has 0 aliphatic carbocycles. The van der Waals surface area contributed by atoms with Crippen molar-refractivity contribution in [3.8, 4) is 0 Å². The Morgan fingerprint density at radius 3 is 2.74 bits per heavy atom. The Kier molecular flexibility index (Phi) is 4.30. The van der Waals surface area contributed by atoms with Gasteiger partial charge >= 0.3 is 0 Å². The molecule has 0 radical (unpaired) electrons. The number of carbonyl (C=O) groups excluding carboxylic acids is 2. The van der Waals surface area contributed by atoms with E-state index in [-0.39, 0.29) is 23.5 Å². The van der Waals surface area contributed by atoms with Crippen LogP contribution in [-0.2, 0) is 9.59 Å². The maximum Gasteiger partial charge on any atom is 0.239 e. The molecule has 0 aromatic heterocycles. The van der Waals surface area contributed by atoms with Crippen LogP contribution < -0.4 is 10.2 Å². The van der Waals surface area contributed by atoms with Crippen LogP contribution in [0.5, 0.6) is 0 Å². The Hall–Kier alpha value is -2.02. The molecule has 0 bridgehead atoms. The van der Waals surface area contributed by atoms with E-state index in [1.165, 1.54) is 11.0 Å². The number of hydrogen-bond donors (Lipinski definition) is 1. The van der Waals surface area contributed by atoms with Gasteiger partial charge in [-0.2, -0.15) is 0 Å². The molecule has 1 aromatic rings. The third-order valence-corrected chi connectivity index (χ3v) is 4.50. The van der Waals surface area contributed by atoms with E-state index in [0.29, 0.717) is 32.6 Å². The van der Waals surface area contributed by atoms with Crippen LogP contribution >= 0.6 is 0 Å². The average molecular weight is 323 g/mol. The predicted molar refractivity (Wildman–Crippen MR) is 80.9 cm³/mol. The topological polar surface area (TPSA) is 52.7 Å².